The molecule has 1 radical (unpaired) electrons. The highest BCUT2D eigenvalue weighted by atomic mass is 127. The average molecular weight is 233 g/mol. The van der Waals surface area contributed by atoms with Crippen molar-refractivity contribution >= 4 is 22.6 Å². The first-order valence-electron chi connectivity index (χ1n) is 2.54. The first-order chi connectivity index (χ1) is 4.33. The molecule has 0 amide bonds. The van der Waals surface area contributed by atoms with Gasteiger partial charge in [-0.1, -0.05) is 0 Å². The molecule has 47 valence electrons. The van der Waals surface area contributed by atoms with Gasteiger partial charge in [0, 0.05) is 9.64 Å². The first-order valence-corrected chi connectivity index (χ1v) is 3.62. The predicted molar refractivity (Wildman–Crippen MR) is 44.5 cm³/mol. The second-order valence-electron chi connectivity index (χ2n) is 1.58. The van der Waals surface area contributed by atoms with E-state index in [-0.39, 0.29) is 0 Å². The minimum Gasteiger partial charge on any atom is -0.496 e. The van der Waals surface area contributed by atoms with Gasteiger partial charge in [0.25, 0.3) is 0 Å². The zero-order valence-corrected chi connectivity index (χ0v) is 7.18. The van der Waals surface area contributed by atoms with Crippen LogP contribution in [0.4, 0.5) is 0 Å². The van der Waals surface area contributed by atoms with E-state index >= 15 is 0 Å². The molecular formula is C7H6IO. The summed E-state index contributed by atoms with van der Waals surface area (Å²) in [4.78, 5) is 0. The van der Waals surface area contributed by atoms with Gasteiger partial charge in [0.2, 0.25) is 0 Å². The van der Waals surface area contributed by atoms with E-state index in [9.17, 15) is 0 Å². The van der Waals surface area contributed by atoms with Gasteiger partial charge in [0.05, 0.1) is 7.11 Å². The van der Waals surface area contributed by atoms with Crippen molar-refractivity contribution < 1.29 is 4.74 Å². The lowest BCUT2D eigenvalue weighted by Gasteiger charge is -1.95. The number of hydrogen-bond acceptors (Lipinski definition) is 1. The van der Waals surface area contributed by atoms with Crippen molar-refractivity contribution in [2.45, 2.75) is 0 Å². The zero-order chi connectivity index (χ0) is 6.69. The molecule has 0 fully saturated rings. The van der Waals surface area contributed by atoms with E-state index in [1.807, 2.05) is 18.2 Å². The van der Waals surface area contributed by atoms with Gasteiger partial charge >= 0.3 is 0 Å². The van der Waals surface area contributed by atoms with Crippen LogP contribution < -0.4 is 4.74 Å². The largest absolute Gasteiger partial charge is 0.496 e. The van der Waals surface area contributed by atoms with Gasteiger partial charge in [-0.2, -0.15) is 0 Å². The number of methoxy groups -OCH3 is 1. The predicted octanol–water partition coefficient (Wildman–Crippen LogP) is 2.10. The third-order valence-corrected chi connectivity index (χ3v) is 1.64. The number of rotatable bonds is 1. The van der Waals surface area contributed by atoms with Crippen LogP contribution in [0.5, 0.6) is 5.75 Å². The first kappa shape index (κ1) is 6.86. The molecule has 0 saturated heterocycles. The Balaban J connectivity index is 2.88. The monoisotopic (exact) mass is 233 g/mol. The maximum absolute atomic E-state index is 4.91. The summed E-state index contributed by atoms with van der Waals surface area (Å²) in [5, 5.41) is 0. The van der Waals surface area contributed by atoms with Gasteiger partial charge in [-0.05, 0) is 40.8 Å². The Morgan fingerprint density at radius 1 is 1.56 bits per heavy atom. The maximum Gasteiger partial charge on any atom is 0.126 e. The van der Waals surface area contributed by atoms with Crippen molar-refractivity contribution in [3.05, 3.63) is 27.8 Å². The smallest absolute Gasteiger partial charge is 0.126 e. The van der Waals surface area contributed by atoms with Crippen LogP contribution in [0.25, 0.3) is 0 Å². The molecule has 9 heavy (non-hydrogen) atoms. The quantitative estimate of drug-likeness (QED) is 0.675. The molecule has 0 aliphatic carbocycles. The molecule has 0 aliphatic heterocycles. The Morgan fingerprint density at radius 3 is 2.78 bits per heavy atom. The van der Waals surface area contributed by atoms with Crippen molar-refractivity contribution in [1.29, 1.82) is 0 Å². The van der Waals surface area contributed by atoms with Gasteiger partial charge in [0.1, 0.15) is 5.75 Å². The number of hydrogen-bond donors (Lipinski definition) is 0. The highest BCUT2D eigenvalue weighted by Gasteiger charge is 1.87. The van der Waals surface area contributed by atoms with Crippen LogP contribution in [0.2, 0.25) is 0 Å². The van der Waals surface area contributed by atoms with Gasteiger partial charge in [-0.3, -0.25) is 0 Å². The molecule has 1 nitrogen and oxygen atoms in total. The average Bonchev–Trinajstić information content (AvgIpc) is 1.90. The topological polar surface area (TPSA) is 9.23 Å². The molecule has 0 aliphatic rings. The Labute approximate surface area is 68.2 Å². The van der Waals surface area contributed by atoms with E-state index in [4.69, 9.17) is 4.74 Å². The maximum atomic E-state index is 4.91. The van der Waals surface area contributed by atoms with Gasteiger partial charge < -0.3 is 4.74 Å². The third-order valence-electron chi connectivity index (χ3n) is 0.966. The molecule has 0 spiro atoms. The second kappa shape index (κ2) is 3.06. The fourth-order valence-corrected chi connectivity index (χ4v) is 0.854. The summed E-state index contributed by atoms with van der Waals surface area (Å²) in [6, 6.07) is 8.72. The summed E-state index contributed by atoms with van der Waals surface area (Å²) in [7, 11) is 1.64. The molecule has 0 unspecified atom stereocenters. The second-order valence-corrected chi connectivity index (χ2v) is 2.82. The van der Waals surface area contributed by atoms with Gasteiger partial charge in [-0.25, -0.2) is 0 Å². The van der Waals surface area contributed by atoms with E-state index in [0.29, 0.717) is 0 Å². The van der Waals surface area contributed by atoms with E-state index in [1.54, 1.807) is 7.11 Å². The van der Waals surface area contributed by atoms with E-state index in [0.717, 1.165) is 5.75 Å². The minimum absolute atomic E-state index is 0.787. The van der Waals surface area contributed by atoms with Gasteiger partial charge in [-0.15, -0.1) is 0 Å². The lowest BCUT2D eigenvalue weighted by Crippen LogP contribution is -1.81. The summed E-state index contributed by atoms with van der Waals surface area (Å²) in [6.45, 7) is 0. The SMILES string of the molecule is COc1[c]cc(I)cc1. The zero-order valence-electron chi connectivity index (χ0n) is 5.02. The van der Waals surface area contributed by atoms with Crippen LogP contribution in [0.1, 0.15) is 0 Å². The van der Waals surface area contributed by atoms with E-state index < -0.39 is 0 Å². The van der Waals surface area contributed by atoms with Crippen molar-refractivity contribution in [2.75, 3.05) is 7.11 Å². The minimum atomic E-state index is 0.787. The molecule has 1 aromatic carbocycles. The standard InChI is InChI=1S/C7H6IO/c1-9-7-4-2-6(8)3-5-7/h2-4H,1H3. The Morgan fingerprint density at radius 2 is 2.33 bits per heavy atom. The molecule has 1 rings (SSSR count). The number of benzene rings is 1. The Hall–Kier alpha value is -0.250. The van der Waals surface area contributed by atoms with E-state index in [1.165, 1.54) is 3.57 Å². The summed E-state index contributed by atoms with van der Waals surface area (Å²) >= 11 is 2.23. The molecule has 0 heterocycles. The summed E-state index contributed by atoms with van der Waals surface area (Å²) in [5.41, 5.74) is 0. The highest BCUT2D eigenvalue weighted by molar-refractivity contribution is 14.1. The molecule has 0 atom stereocenters. The van der Waals surface area contributed by atoms with Crippen LogP contribution in [-0.2, 0) is 0 Å². The lowest BCUT2D eigenvalue weighted by atomic mass is 10.3. The Bertz CT molecular complexity index is 181. The molecule has 1 aromatic rings. The van der Waals surface area contributed by atoms with Crippen LogP contribution in [0.15, 0.2) is 18.2 Å². The normalized spacial score (nSPS) is 9.11. The van der Waals surface area contributed by atoms with Crippen molar-refractivity contribution in [2.24, 2.45) is 0 Å². The molecule has 0 bridgehead atoms. The van der Waals surface area contributed by atoms with Crippen LogP contribution in [-0.4, -0.2) is 7.11 Å². The van der Waals surface area contributed by atoms with Gasteiger partial charge in [0.15, 0.2) is 0 Å². The van der Waals surface area contributed by atoms with Crippen LogP contribution in [0, 0.1) is 9.64 Å². The van der Waals surface area contributed by atoms with Crippen molar-refractivity contribution in [3.63, 3.8) is 0 Å². The number of ether oxygens (including phenoxy) is 1. The van der Waals surface area contributed by atoms with E-state index in [2.05, 4.69) is 28.7 Å². The summed E-state index contributed by atoms with van der Waals surface area (Å²) < 4.78 is 6.08. The Kier molecular flexibility index (Phi) is 2.33. The summed E-state index contributed by atoms with van der Waals surface area (Å²) in [6.07, 6.45) is 0. The molecular weight excluding hydrogens is 227 g/mol. The van der Waals surface area contributed by atoms with Crippen LogP contribution >= 0.6 is 22.6 Å². The molecule has 0 saturated carbocycles. The fourth-order valence-electron chi connectivity index (χ4n) is 0.519. The highest BCUT2D eigenvalue weighted by Crippen LogP contribution is 2.11. The lowest BCUT2D eigenvalue weighted by molar-refractivity contribution is 0.414. The van der Waals surface area contributed by atoms with Crippen molar-refractivity contribution in [3.8, 4) is 5.75 Å². The molecule has 0 aromatic heterocycles. The third kappa shape index (κ3) is 1.86. The fraction of sp³-hybridized carbons (Fsp3) is 0.143. The molecule has 2 heteroatoms. The van der Waals surface area contributed by atoms with Crippen molar-refractivity contribution in [1.82, 2.24) is 0 Å². The molecule has 0 N–H and O–H groups in total. The number of halogens is 1. The van der Waals surface area contributed by atoms with Crippen LogP contribution in [0.3, 0.4) is 0 Å². The summed E-state index contributed by atoms with van der Waals surface area (Å²) in [5.74, 6) is 0.787.